The Morgan fingerprint density at radius 2 is 2.00 bits per heavy atom. The molecule has 0 fully saturated rings. The topological polar surface area (TPSA) is 44.9 Å². The SMILES string of the molecule is CCOC(C)Cn1c(C(C)Cl)nc2c(C)nn(CC)c21. The molecule has 0 aliphatic rings. The molecule has 112 valence electrons. The largest absolute Gasteiger partial charge is 0.377 e. The van der Waals surface area contributed by atoms with Gasteiger partial charge in [-0.15, -0.1) is 11.6 Å². The van der Waals surface area contributed by atoms with Gasteiger partial charge in [-0.25, -0.2) is 9.67 Å². The number of alkyl halides is 1. The van der Waals surface area contributed by atoms with Crippen LogP contribution in [0.3, 0.4) is 0 Å². The van der Waals surface area contributed by atoms with Crippen molar-refractivity contribution in [1.29, 1.82) is 0 Å². The maximum Gasteiger partial charge on any atom is 0.159 e. The fourth-order valence-corrected chi connectivity index (χ4v) is 2.71. The maximum atomic E-state index is 6.29. The molecule has 0 amide bonds. The fourth-order valence-electron chi connectivity index (χ4n) is 2.54. The molecule has 0 aliphatic carbocycles. The van der Waals surface area contributed by atoms with Crippen molar-refractivity contribution in [2.75, 3.05) is 6.61 Å². The van der Waals surface area contributed by atoms with Crippen molar-refractivity contribution >= 4 is 22.8 Å². The van der Waals surface area contributed by atoms with Gasteiger partial charge in [-0.1, -0.05) is 0 Å². The molecule has 0 N–H and O–H groups in total. The summed E-state index contributed by atoms with van der Waals surface area (Å²) in [4.78, 5) is 4.69. The zero-order valence-corrected chi connectivity index (χ0v) is 13.6. The van der Waals surface area contributed by atoms with Crippen LogP contribution in [0.2, 0.25) is 0 Å². The van der Waals surface area contributed by atoms with E-state index in [2.05, 4.69) is 28.5 Å². The van der Waals surface area contributed by atoms with Gasteiger partial charge in [-0.05, 0) is 34.6 Å². The quantitative estimate of drug-likeness (QED) is 0.769. The molecule has 6 heteroatoms. The summed E-state index contributed by atoms with van der Waals surface area (Å²) >= 11 is 6.29. The first-order chi connectivity index (χ1) is 9.49. The summed E-state index contributed by atoms with van der Waals surface area (Å²) < 4.78 is 9.79. The van der Waals surface area contributed by atoms with E-state index in [0.29, 0.717) is 6.61 Å². The minimum atomic E-state index is -0.138. The summed E-state index contributed by atoms with van der Waals surface area (Å²) in [6.45, 7) is 12.3. The van der Waals surface area contributed by atoms with Gasteiger partial charge in [0.05, 0.1) is 23.7 Å². The van der Waals surface area contributed by atoms with Crippen LogP contribution in [0.4, 0.5) is 0 Å². The van der Waals surface area contributed by atoms with Gasteiger partial charge in [0.2, 0.25) is 0 Å². The van der Waals surface area contributed by atoms with Crippen LogP contribution in [-0.4, -0.2) is 32.0 Å². The average Bonchev–Trinajstić information content (AvgIpc) is 2.89. The summed E-state index contributed by atoms with van der Waals surface area (Å²) in [6, 6.07) is 0. The molecule has 0 radical (unpaired) electrons. The number of nitrogens with zero attached hydrogens (tertiary/aromatic N) is 4. The van der Waals surface area contributed by atoms with Crippen LogP contribution < -0.4 is 0 Å². The Kier molecular flexibility index (Phi) is 4.70. The molecule has 5 nitrogen and oxygen atoms in total. The van der Waals surface area contributed by atoms with E-state index in [1.165, 1.54) is 0 Å². The zero-order chi connectivity index (χ0) is 14.9. The summed E-state index contributed by atoms with van der Waals surface area (Å²) in [6.07, 6.45) is 0.118. The van der Waals surface area contributed by atoms with E-state index in [0.717, 1.165) is 35.8 Å². The van der Waals surface area contributed by atoms with Crippen LogP contribution in [0.5, 0.6) is 0 Å². The highest BCUT2D eigenvalue weighted by Crippen LogP contribution is 2.27. The number of ether oxygens (including phenoxy) is 1. The number of hydrogen-bond acceptors (Lipinski definition) is 3. The number of halogens is 1. The highest BCUT2D eigenvalue weighted by molar-refractivity contribution is 6.20. The van der Waals surface area contributed by atoms with Gasteiger partial charge in [-0.2, -0.15) is 5.10 Å². The first-order valence-corrected chi connectivity index (χ1v) is 7.62. The molecule has 0 saturated heterocycles. The molecule has 0 saturated carbocycles. The molecule has 0 bridgehead atoms. The monoisotopic (exact) mass is 298 g/mol. The minimum absolute atomic E-state index is 0.118. The Morgan fingerprint density at radius 1 is 1.30 bits per heavy atom. The second-order valence-corrected chi connectivity index (χ2v) is 5.69. The summed E-state index contributed by atoms with van der Waals surface area (Å²) in [5, 5.41) is 4.39. The number of rotatable bonds is 6. The Labute approximate surface area is 124 Å². The third kappa shape index (κ3) is 2.69. The molecular weight excluding hydrogens is 276 g/mol. The number of aromatic nitrogens is 4. The number of aryl methyl sites for hydroxylation is 2. The lowest BCUT2D eigenvalue weighted by Gasteiger charge is -2.16. The number of fused-ring (bicyclic) bond motifs is 1. The molecule has 2 aromatic heterocycles. The van der Waals surface area contributed by atoms with Gasteiger partial charge in [-0.3, -0.25) is 0 Å². The lowest BCUT2D eigenvalue weighted by Crippen LogP contribution is -2.20. The Morgan fingerprint density at radius 3 is 2.55 bits per heavy atom. The molecule has 2 rings (SSSR count). The summed E-state index contributed by atoms with van der Waals surface area (Å²) in [7, 11) is 0. The molecule has 2 atom stereocenters. The lowest BCUT2D eigenvalue weighted by molar-refractivity contribution is 0.0640. The van der Waals surface area contributed by atoms with Gasteiger partial charge in [0.25, 0.3) is 0 Å². The van der Waals surface area contributed by atoms with Gasteiger partial charge >= 0.3 is 0 Å². The molecule has 20 heavy (non-hydrogen) atoms. The van der Waals surface area contributed by atoms with Crippen LogP contribution in [-0.2, 0) is 17.8 Å². The molecule has 0 spiro atoms. The molecule has 2 aromatic rings. The third-order valence-electron chi connectivity index (χ3n) is 3.37. The molecule has 2 unspecified atom stereocenters. The van der Waals surface area contributed by atoms with Crippen LogP contribution in [0.1, 0.15) is 44.6 Å². The highest BCUT2D eigenvalue weighted by atomic mass is 35.5. The Balaban J connectivity index is 2.54. The first-order valence-electron chi connectivity index (χ1n) is 7.18. The van der Waals surface area contributed by atoms with E-state index >= 15 is 0 Å². The zero-order valence-electron chi connectivity index (χ0n) is 12.9. The number of hydrogen-bond donors (Lipinski definition) is 0. The predicted octanol–water partition coefficient (Wildman–Crippen LogP) is 3.29. The normalized spacial score (nSPS) is 14.9. The maximum absolute atomic E-state index is 6.29. The Hall–Kier alpha value is -1.07. The van der Waals surface area contributed by atoms with Crippen molar-refractivity contribution in [2.45, 2.75) is 59.2 Å². The van der Waals surface area contributed by atoms with E-state index in [1.807, 2.05) is 25.5 Å². The van der Waals surface area contributed by atoms with Crippen LogP contribution in [0.25, 0.3) is 11.2 Å². The van der Waals surface area contributed by atoms with E-state index in [-0.39, 0.29) is 11.5 Å². The second-order valence-electron chi connectivity index (χ2n) is 5.04. The second kappa shape index (κ2) is 6.14. The van der Waals surface area contributed by atoms with Gasteiger partial charge < -0.3 is 9.30 Å². The first kappa shape index (κ1) is 15.3. The van der Waals surface area contributed by atoms with Gasteiger partial charge in [0.15, 0.2) is 5.65 Å². The molecule has 0 aromatic carbocycles. The highest BCUT2D eigenvalue weighted by Gasteiger charge is 2.21. The van der Waals surface area contributed by atoms with Crippen molar-refractivity contribution in [3.63, 3.8) is 0 Å². The third-order valence-corrected chi connectivity index (χ3v) is 3.57. The van der Waals surface area contributed by atoms with Crippen LogP contribution in [0, 0.1) is 6.92 Å². The lowest BCUT2D eigenvalue weighted by atomic mass is 10.3. The van der Waals surface area contributed by atoms with Crippen LogP contribution >= 0.6 is 11.6 Å². The summed E-state index contributed by atoms with van der Waals surface area (Å²) in [5.41, 5.74) is 2.93. The Bertz CT molecular complexity index is 588. The van der Waals surface area contributed by atoms with Crippen molar-refractivity contribution in [1.82, 2.24) is 19.3 Å². The molecule has 0 aliphatic heterocycles. The summed E-state index contributed by atoms with van der Waals surface area (Å²) in [5.74, 6) is 0.885. The van der Waals surface area contributed by atoms with Crippen molar-refractivity contribution in [3.8, 4) is 0 Å². The van der Waals surface area contributed by atoms with E-state index in [4.69, 9.17) is 16.3 Å². The minimum Gasteiger partial charge on any atom is -0.377 e. The number of imidazole rings is 1. The van der Waals surface area contributed by atoms with Crippen molar-refractivity contribution < 1.29 is 4.74 Å². The van der Waals surface area contributed by atoms with Crippen molar-refractivity contribution in [3.05, 3.63) is 11.5 Å². The van der Waals surface area contributed by atoms with Gasteiger partial charge in [0, 0.05) is 13.2 Å². The smallest absolute Gasteiger partial charge is 0.159 e. The standard InChI is InChI=1S/C14H23ClN4O/c1-6-19-14-12(11(5)17-19)16-13(10(4)15)18(14)8-9(3)20-7-2/h9-10H,6-8H2,1-5H3. The molecular formula is C14H23ClN4O. The van der Waals surface area contributed by atoms with Gasteiger partial charge in [0.1, 0.15) is 11.3 Å². The fraction of sp³-hybridized carbons (Fsp3) is 0.714. The van der Waals surface area contributed by atoms with E-state index < -0.39 is 0 Å². The van der Waals surface area contributed by atoms with Crippen molar-refractivity contribution in [2.24, 2.45) is 0 Å². The van der Waals surface area contributed by atoms with E-state index in [9.17, 15) is 0 Å². The van der Waals surface area contributed by atoms with Crippen LogP contribution in [0.15, 0.2) is 0 Å². The average molecular weight is 299 g/mol. The molecule has 2 heterocycles. The predicted molar refractivity (Wildman–Crippen MR) is 81.3 cm³/mol. The van der Waals surface area contributed by atoms with E-state index in [1.54, 1.807) is 0 Å².